The Hall–Kier alpha value is -4.02. The van der Waals surface area contributed by atoms with Crippen molar-refractivity contribution in [3.8, 4) is 6.07 Å². The second kappa shape index (κ2) is 10.5. The van der Waals surface area contributed by atoms with Gasteiger partial charge in [0.2, 0.25) is 0 Å². The van der Waals surface area contributed by atoms with Gasteiger partial charge in [-0.3, -0.25) is 14.3 Å². The third-order valence-electron chi connectivity index (χ3n) is 4.10. The Morgan fingerprint density at radius 2 is 2.06 bits per heavy atom. The first-order valence-electron chi connectivity index (χ1n) is 9.89. The quantitative estimate of drug-likeness (QED) is 0.509. The molecule has 10 heteroatoms. The summed E-state index contributed by atoms with van der Waals surface area (Å²) in [7, 11) is 1.60. The molecule has 2 N–H and O–H groups in total. The van der Waals surface area contributed by atoms with Gasteiger partial charge in [0.25, 0.3) is 5.56 Å². The first kappa shape index (κ1) is 25.2. The van der Waals surface area contributed by atoms with Gasteiger partial charge in [-0.2, -0.15) is 5.26 Å². The van der Waals surface area contributed by atoms with E-state index in [0.717, 1.165) is 11.3 Å². The van der Waals surface area contributed by atoms with Gasteiger partial charge in [-0.05, 0) is 45.9 Å². The van der Waals surface area contributed by atoms with Gasteiger partial charge in [-0.25, -0.2) is 9.59 Å². The normalized spacial score (nSPS) is 10.3. The van der Waals surface area contributed by atoms with Crippen LogP contribution < -0.4 is 25.0 Å². The van der Waals surface area contributed by atoms with Gasteiger partial charge in [-0.15, -0.1) is 0 Å². The van der Waals surface area contributed by atoms with Crippen molar-refractivity contribution >= 4 is 46.2 Å². The maximum absolute atomic E-state index is 12.6. The fourth-order valence-electron chi connectivity index (χ4n) is 2.54. The van der Waals surface area contributed by atoms with Crippen LogP contribution in [0.2, 0.25) is 0 Å². The van der Waals surface area contributed by atoms with Gasteiger partial charge in [-0.1, -0.05) is 28.9 Å². The molecule has 1 aromatic carbocycles. The van der Waals surface area contributed by atoms with Gasteiger partial charge >= 0.3 is 12.1 Å². The Labute approximate surface area is 194 Å². The summed E-state index contributed by atoms with van der Waals surface area (Å²) in [5.41, 5.74) is 5.00. The zero-order valence-electron chi connectivity index (χ0n) is 18.9. The van der Waals surface area contributed by atoms with E-state index in [4.69, 9.17) is 15.1 Å². The lowest BCUT2D eigenvalue weighted by Gasteiger charge is -2.24. The molecule has 0 aliphatic rings. The topological polar surface area (TPSA) is 125 Å². The summed E-state index contributed by atoms with van der Waals surface area (Å²) >= 11 is 0.976. The number of amides is 1. The molecule has 0 aliphatic carbocycles. The summed E-state index contributed by atoms with van der Waals surface area (Å²) in [5, 5.41) is 21.0. The molecule has 0 atom stereocenters. The Morgan fingerprint density at radius 3 is 2.64 bits per heavy atom. The van der Waals surface area contributed by atoms with Crippen molar-refractivity contribution in [3.63, 3.8) is 0 Å². The molecule has 0 saturated carbocycles. The maximum Gasteiger partial charge on any atom is 0.414 e. The first-order valence-corrected chi connectivity index (χ1v) is 10.7. The third kappa shape index (κ3) is 6.73. The highest BCUT2D eigenvalue weighted by Gasteiger charge is 2.20. The molecule has 0 spiro atoms. The highest BCUT2D eigenvalue weighted by atomic mass is 32.1. The van der Waals surface area contributed by atoms with Crippen molar-refractivity contribution in [3.05, 3.63) is 55.6 Å². The molecular formula is C23H24N4O5S. The van der Waals surface area contributed by atoms with E-state index in [1.807, 2.05) is 0 Å². The summed E-state index contributed by atoms with van der Waals surface area (Å²) in [6.45, 7) is 7.37. The van der Waals surface area contributed by atoms with Crippen molar-refractivity contribution in [2.45, 2.75) is 39.8 Å². The summed E-state index contributed by atoms with van der Waals surface area (Å²) in [5.74, 6) is -1.42. The molecule has 33 heavy (non-hydrogen) atoms. The van der Waals surface area contributed by atoms with E-state index >= 15 is 0 Å². The molecule has 0 unspecified atom stereocenters. The van der Waals surface area contributed by atoms with Crippen LogP contribution in [0, 0.1) is 11.3 Å². The minimum atomic E-state index is -1.42. The van der Waals surface area contributed by atoms with Crippen LogP contribution in [-0.2, 0) is 16.1 Å². The number of carbonyl (C=O) groups excluding carboxylic acids is 1. The zero-order chi connectivity index (χ0) is 24.8. The second-order valence-corrected chi connectivity index (χ2v) is 8.72. The fourth-order valence-corrected chi connectivity index (χ4v) is 3.53. The monoisotopic (exact) mass is 468 g/mol. The van der Waals surface area contributed by atoms with Gasteiger partial charge in [0, 0.05) is 31.2 Å². The van der Waals surface area contributed by atoms with E-state index in [1.54, 1.807) is 65.1 Å². The van der Waals surface area contributed by atoms with E-state index in [-0.39, 0.29) is 21.3 Å². The van der Waals surface area contributed by atoms with Crippen LogP contribution in [0.3, 0.4) is 0 Å². The first-order chi connectivity index (χ1) is 15.5. The molecule has 1 aromatic heterocycles. The van der Waals surface area contributed by atoms with Gasteiger partial charge in [0.15, 0.2) is 5.57 Å². The molecule has 2 aromatic rings. The molecule has 9 nitrogen and oxygen atoms in total. The molecule has 1 heterocycles. The number of hydrogen-bond acceptors (Lipinski definition) is 7. The molecule has 0 aliphatic heterocycles. The lowest BCUT2D eigenvalue weighted by atomic mass is 10.2. The average molecular weight is 469 g/mol. The highest BCUT2D eigenvalue weighted by molar-refractivity contribution is 7.07. The summed E-state index contributed by atoms with van der Waals surface area (Å²) < 4.78 is 7.12. The lowest BCUT2D eigenvalue weighted by molar-refractivity contribution is -0.132. The molecular weight excluding hydrogens is 444 g/mol. The van der Waals surface area contributed by atoms with E-state index < -0.39 is 23.2 Å². The molecule has 0 bridgehead atoms. The Kier molecular flexibility index (Phi) is 8.05. The summed E-state index contributed by atoms with van der Waals surface area (Å²) in [6, 6.07) is 8.57. The number of carboxylic acid groups (broad SMARTS) is 1. The minimum Gasteiger partial charge on any atom is -0.477 e. The SMILES string of the molecule is CCn1c(=C=C(C#N)C(=O)O)sc(=C=CNc2cccc(N(C)C(=O)OC(C)(C)C)c2)c1=O. The van der Waals surface area contributed by atoms with E-state index in [9.17, 15) is 14.4 Å². The molecule has 0 radical (unpaired) electrons. The number of nitrogens with one attached hydrogen (secondary N) is 1. The second-order valence-electron chi connectivity index (χ2n) is 7.73. The number of nitrogens with zero attached hydrogens (tertiary/aromatic N) is 3. The van der Waals surface area contributed by atoms with Crippen molar-refractivity contribution in [2.75, 3.05) is 17.3 Å². The van der Waals surface area contributed by atoms with Crippen molar-refractivity contribution in [1.29, 1.82) is 5.26 Å². The van der Waals surface area contributed by atoms with Gasteiger partial charge < -0.3 is 15.2 Å². The number of aliphatic carboxylic acids is 1. The summed E-state index contributed by atoms with van der Waals surface area (Å²) in [6.07, 6.45) is 0.950. The largest absolute Gasteiger partial charge is 0.477 e. The van der Waals surface area contributed by atoms with E-state index in [0.29, 0.717) is 11.4 Å². The average Bonchev–Trinajstić information content (AvgIpc) is 3.04. The minimum absolute atomic E-state index is 0.219. The predicted octanol–water partition coefficient (Wildman–Crippen LogP) is 2.22. The number of nitriles is 1. The smallest absolute Gasteiger partial charge is 0.414 e. The number of aromatic nitrogens is 1. The molecule has 0 fully saturated rings. The summed E-state index contributed by atoms with van der Waals surface area (Å²) in [4.78, 5) is 37.3. The van der Waals surface area contributed by atoms with Crippen molar-refractivity contribution in [2.24, 2.45) is 0 Å². The number of benzene rings is 1. The van der Waals surface area contributed by atoms with Gasteiger partial charge in [0.05, 0.1) is 0 Å². The predicted molar refractivity (Wildman–Crippen MR) is 126 cm³/mol. The molecule has 1 amide bonds. The van der Waals surface area contributed by atoms with Crippen LogP contribution in [0.1, 0.15) is 27.7 Å². The number of hydrogen-bond donors (Lipinski definition) is 2. The van der Waals surface area contributed by atoms with Crippen molar-refractivity contribution in [1.82, 2.24) is 4.57 Å². The van der Waals surface area contributed by atoms with Crippen LogP contribution in [-0.4, -0.2) is 34.4 Å². The van der Waals surface area contributed by atoms with Crippen LogP contribution in [0.25, 0.3) is 11.5 Å². The van der Waals surface area contributed by atoms with Crippen LogP contribution >= 0.6 is 11.3 Å². The molecule has 0 saturated heterocycles. The Morgan fingerprint density at radius 1 is 1.36 bits per heavy atom. The third-order valence-corrected chi connectivity index (χ3v) is 5.11. The fraction of sp³-hybridized carbons (Fsp3) is 0.304. The van der Waals surface area contributed by atoms with Crippen molar-refractivity contribution < 1.29 is 19.4 Å². The number of rotatable bonds is 5. The van der Waals surface area contributed by atoms with Crippen LogP contribution in [0.4, 0.5) is 16.2 Å². The lowest BCUT2D eigenvalue weighted by Crippen LogP contribution is -2.34. The molecule has 172 valence electrons. The Bertz CT molecular complexity index is 1360. The van der Waals surface area contributed by atoms with Gasteiger partial charge in [0.1, 0.15) is 20.9 Å². The highest BCUT2D eigenvalue weighted by Crippen LogP contribution is 2.20. The molecule has 2 rings (SSSR count). The van der Waals surface area contributed by atoms with Crippen LogP contribution in [0.15, 0.2) is 40.8 Å². The van der Waals surface area contributed by atoms with E-state index in [2.05, 4.69) is 16.8 Å². The van der Waals surface area contributed by atoms with Crippen LogP contribution in [0.5, 0.6) is 0 Å². The Balaban J connectivity index is 2.40. The number of carboxylic acids is 1. The zero-order valence-corrected chi connectivity index (χ0v) is 19.7. The maximum atomic E-state index is 12.6. The number of ether oxygens (including phenoxy) is 1. The number of thiazole rings is 1. The number of carbonyl (C=O) groups is 2. The number of anilines is 2. The standard InChI is InChI=1S/C23H24N4O5S/c1-6-27-19(12-15(14-24)21(29)30)33-18(20(27)28)10-11-25-16-8-7-9-17(13-16)26(5)22(31)32-23(2,3)4/h7-9,11,13,25H,6H2,1-5H3,(H,29,30). The van der Waals surface area contributed by atoms with E-state index in [1.165, 1.54) is 15.7 Å².